The molecule has 0 fully saturated rings. The zero-order valence-electron chi connectivity index (χ0n) is 14.8. The average molecular weight is 447 g/mol. The standard InChI is InChI=1S/C19H19BrN4O2S/c1-3-11-24-18(15-9-10-16(20)26-15)22-23-19(24)27-12-17(25)21-14-7-5-13(4-2)6-8-14/h3,5-10H,1,4,11-12H2,2H3,(H,21,25). The van der Waals surface area contributed by atoms with Gasteiger partial charge in [-0.2, -0.15) is 0 Å². The molecule has 0 atom stereocenters. The van der Waals surface area contributed by atoms with Crippen LogP contribution in [-0.2, 0) is 17.8 Å². The molecular formula is C19H19BrN4O2S. The highest BCUT2D eigenvalue weighted by Crippen LogP contribution is 2.27. The van der Waals surface area contributed by atoms with Gasteiger partial charge in [-0.25, -0.2) is 0 Å². The average Bonchev–Trinajstić information content (AvgIpc) is 3.27. The fraction of sp³-hybridized carbons (Fsp3) is 0.211. The van der Waals surface area contributed by atoms with E-state index >= 15 is 0 Å². The number of nitrogens with zero attached hydrogens (tertiary/aromatic N) is 3. The van der Waals surface area contributed by atoms with Crippen molar-refractivity contribution in [1.29, 1.82) is 0 Å². The van der Waals surface area contributed by atoms with Gasteiger partial charge in [0.05, 0.1) is 5.75 Å². The predicted octanol–water partition coefficient (Wildman–Crippen LogP) is 4.78. The highest BCUT2D eigenvalue weighted by atomic mass is 79.9. The first-order valence-corrected chi connectivity index (χ1v) is 10.2. The molecule has 0 aliphatic carbocycles. The monoisotopic (exact) mass is 446 g/mol. The number of rotatable bonds is 8. The second kappa shape index (κ2) is 9.05. The van der Waals surface area contributed by atoms with Crippen LogP contribution in [0.1, 0.15) is 12.5 Å². The molecule has 3 aromatic rings. The lowest BCUT2D eigenvalue weighted by Gasteiger charge is -2.07. The van der Waals surface area contributed by atoms with E-state index in [1.54, 1.807) is 12.1 Å². The van der Waals surface area contributed by atoms with E-state index in [0.29, 0.717) is 28.0 Å². The van der Waals surface area contributed by atoms with Crippen molar-refractivity contribution in [3.8, 4) is 11.6 Å². The summed E-state index contributed by atoms with van der Waals surface area (Å²) in [6.07, 6.45) is 2.72. The van der Waals surface area contributed by atoms with Crippen molar-refractivity contribution in [3.05, 3.63) is 59.3 Å². The van der Waals surface area contributed by atoms with Crippen molar-refractivity contribution in [1.82, 2.24) is 14.8 Å². The summed E-state index contributed by atoms with van der Waals surface area (Å²) in [7, 11) is 0. The van der Waals surface area contributed by atoms with Crippen LogP contribution >= 0.6 is 27.7 Å². The number of halogens is 1. The fourth-order valence-electron chi connectivity index (χ4n) is 2.46. The molecule has 0 aliphatic heterocycles. The number of carbonyl (C=O) groups excluding carboxylic acids is 1. The lowest BCUT2D eigenvalue weighted by atomic mass is 10.1. The number of benzene rings is 1. The lowest BCUT2D eigenvalue weighted by molar-refractivity contribution is -0.113. The van der Waals surface area contributed by atoms with Gasteiger partial charge in [0, 0.05) is 12.2 Å². The molecule has 1 N–H and O–H groups in total. The summed E-state index contributed by atoms with van der Waals surface area (Å²) in [5, 5.41) is 11.9. The van der Waals surface area contributed by atoms with E-state index < -0.39 is 0 Å². The molecule has 0 aliphatic rings. The fourth-order valence-corrected chi connectivity index (χ4v) is 3.51. The summed E-state index contributed by atoms with van der Waals surface area (Å²) in [6.45, 7) is 6.39. The Labute approximate surface area is 170 Å². The lowest BCUT2D eigenvalue weighted by Crippen LogP contribution is -2.14. The van der Waals surface area contributed by atoms with Crippen molar-refractivity contribution in [2.75, 3.05) is 11.1 Å². The SMILES string of the molecule is C=CCn1c(SCC(=O)Nc2ccc(CC)cc2)nnc1-c1ccc(Br)o1. The third-order valence-electron chi connectivity index (χ3n) is 3.80. The first kappa shape index (κ1) is 19.4. The maximum absolute atomic E-state index is 12.3. The third-order valence-corrected chi connectivity index (χ3v) is 5.19. The largest absolute Gasteiger partial charge is 0.446 e. The molecule has 0 unspecified atom stereocenters. The van der Waals surface area contributed by atoms with Gasteiger partial charge < -0.3 is 9.73 Å². The van der Waals surface area contributed by atoms with Gasteiger partial charge in [-0.05, 0) is 52.2 Å². The third kappa shape index (κ3) is 4.90. The molecule has 2 heterocycles. The van der Waals surface area contributed by atoms with Crippen molar-refractivity contribution in [3.63, 3.8) is 0 Å². The summed E-state index contributed by atoms with van der Waals surface area (Å²) >= 11 is 4.61. The second-order valence-corrected chi connectivity index (χ2v) is 7.42. The van der Waals surface area contributed by atoms with Crippen LogP contribution in [0, 0.1) is 0 Å². The normalized spacial score (nSPS) is 10.7. The maximum Gasteiger partial charge on any atom is 0.234 e. The van der Waals surface area contributed by atoms with Crippen LogP contribution < -0.4 is 5.32 Å². The van der Waals surface area contributed by atoms with Crippen LogP contribution in [0.3, 0.4) is 0 Å². The zero-order valence-corrected chi connectivity index (χ0v) is 17.2. The van der Waals surface area contributed by atoms with Crippen molar-refractivity contribution in [2.45, 2.75) is 25.0 Å². The zero-order chi connectivity index (χ0) is 19.2. The van der Waals surface area contributed by atoms with Crippen LogP contribution in [0.5, 0.6) is 0 Å². The number of hydrogen-bond acceptors (Lipinski definition) is 5. The minimum atomic E-state index is -0.0975. The number of carbonyl (C=O) groups is 1. The summed E-state index contributed by atoms with van der Waals surface area (Å²) in [5.74, 6) is 1.33. The summed E-state index contributed by atoms with van der Waals surface area (Å²) in [4.78, 5) is 12.3. The van der Waals surface area contributed by atoms with Crippen molar-refractivity contribution in [2.24, 2.45) is 0 Å². The molecule has 0 spiro atoms. The van der Waals surface area contributed by atoms with E-state index in [1.807, 2.05) is 34.9 Å². The minimum absolute atomic E-state index is 0.0975. The molecule has 2 aromatic heterocycles. The number of amides is 1. The Morgan fingerprint density at radius 2 is 2.07 bits per heavy atom. The van der Waals surface area contributed by atoms with Gasteiger partial charge in [0.2, 0.25) is 11.7 Å². The van der Waals surface area contributed by atoms with Gasteiger partial charge in [0.25, 0.3) is 0 Å². The van der Waals surface area contributed by atoms with E-state index in [9.17, 15) is 4.79 Å². The number of anilines is 1. The molecule has 0 saturated heterocycles. The number of furan rings is 1. The molecule has 1 amide bonds. The second-order valence-electron chi connectivity index (χ2n) is 5.70. The molecule has 0 saturated carbocycles. The Kier molecular flexibility index (Phi) is 6.52. The van der Waals surface area contributed by atoms with E-state index in [1.165, 1.54) is 17.3 Å². The van der Waals surface area contributed by atoms with Gasteiger partial charge in [-0.1, -0.05) is 36.9 Å². The summed E-state index contributed by atoms with van der Waals surface area (Å²) in [5.41, 5.74) is 2.02. The quantitative estimate of drug-likeness (QED) is 0.398. The Balaban J connectivity index is 1.67. The molecule has 3 rings (SSSR count). The smallest absolute Gasteiger partial charge is 0.234 e. The van der Waals surface area contributed by atoms with E-state index in [4.69, 9.17) is 4.42 Å². The first-order valence-electron chi connectivity index (χ1n) is 8.42. The highest BCUT2D eigenvalue weighted by molar-refractivity contribution is 9.10. The number of nitrogens with one attached hydrogen (secondary N) is 1. The minimum Gasteiger partial charge on any atom is -0.446 e. The maximum atomic E-state index is 12.3. The van der Waals surface area contributed by atoms with E-state index in [0.717, 1.165) is 12.1 Å². The van der Waals surface area contributed by atoms with Crippen LogP contribution in [0.15, 0.2) is 63.3 Å². The van der Waals surface area contributed by atoms with Gasteiger partial charge in [-0.15, -0.1) is 16.8 Å². The molecule has 0 radical (unpaired) electrons. The number of hydrogen-bond donors (Lipinski definition) is 1. The van der Waals surface area contributed by atoms with Crippen LogP contribution in [0.25, 0.3) is 11.6 Å². The van der Waals surface area contributed by atoms with Crippen LogP contribution in [0.4, 0.5) is 5.69 Å². The molecule has 140 valence electrons. The number of allylic oxidation sites excluding steroid dienone is 1. The van der Waals surface area contributed by atoms with Gasteiger partial charge in [-0.3, -0.25) is 9.36 Å². The van der Waals surface area contributed by atoms with E-state index in [-0.39, 0.29) is 11.7 Å². The Morgan fingerprint density at radius 3 is 2.70 bits per heavy atom. The number of aryl methyl sites for hydroxylation is 1. The van der Waals surface area contributed by atoms with Gasteiger partial charge in [0.15, 0.2) is 15.6 Å². The summed E-state index contributed by atoms with van der Waals surface area (Å²) in [6, 6.07) is 11.5. The topological polar surface area (TPSA) is 73.0 Å². The molecule has 8 heteroatoms. The molecule has 0 bridgehead atoms. The molecule has 27 heavy (non-hydrogen) atoms. The van der Waals surface area contributed by atoms with Crippen LogP contribution in [0.2, 0.25) is 0 Å². The van der Waals surface area contributed by atoms with Gasteiger partial charge >= 0.3 is 0 Å². The Bertz CT molecular complexity index is 934. The molecular weight excluding hydrogens is 428 g/mol. The van der Waals surface area contributed by atoms with Crippen molar-refractivity contribution >= 4 is 39.3 Å². The first-order chi connectivity index (χ1) is 13.1. The van der Waals surface area contributed by atoms with Crippen LogP contribution in [-0.4, -0.2) is 26.4 Å². The molecule has 1 aromatic carbocycles. The highest BCUT2D eigenvalue weighted by Gasteiger charge is 2.17. The Morgan fingerprint density at radius 1 is 1.30 bits per heavy atom. The predicted molar refractivity (Wildman–Crippen MR) is 111 cm³/mol. The van der Waals surface area contributed by atoms with Gasteiger partial charge in [0.1, 0.15) is 0 Å². The van der Waals surface area contributed by atoms with Crippen molar-refractivity contribution < 1.29 is 9.21 Å². The molecule has 6 nitrogen and oxygen atoms in total. The summed E-state index contributed by atoms with van der Waals surface area (Å²) < 4.78 is 8.05. The number of aromatic nitrogens is 3. The van der Waals surface area contributed by atoms with E-state index in [2.05, 4.69) is 44.9 Å². The number of thioether (sulfide) groups is 1. The Hall–Kier alpha value is -2.32.